The maximum atomic E-state index is 12.8. The number of hydrogen-bond acceptors (Lipinski definition) is 5. The minimum Gasteiger partial charge on any atom is -0.488 e. The third kappa shape index (κ3) is 4.72. The molecule has 0 bridgehead atoms. The van der Waals surface area contributed by atoms with Gasteiger partial charge in [0.2, 0.25) is 0 Å². The normalized spacial score (nSPS) is 11.7. The van der Waals surface area contributed by atoms with Crippen LogP contribution in [0, 0.1) is 6.92 Å². The Kier molecular flexibility index (Phi) is 5.72. The van der Waals surface area contributed by atoms with Crippen molar-refractivity contribution < 1.29 is 27.8 Å². The van der Waals surface area contributed by atoms with Crippen molar-refractivity contribution in [1.82, 2.24) is 4.98 Å². The van der Waals surface area contributed by atoms with Gasteiger partial charge in [-0.2, -0.15) is 13.2 Å². The van der Waals surface area contributed by atoms with Crippen LogP contribution in [-0.4, -0.2) is 16.1 Å². The van der Waals surface area contributed by atoms with Crippen molar-refractivity contribution in [2.24, 2.45) is 0 Å². The summed E-state index contributed by atoms with van der Waals surface area (Å²) in [5.74, 6) is -0.218. The number of ether oxygens (including phenoxy) is 1. The molecule has 4 nitrogen and oxygen atoms in total. The number of nitrogens with zero attached hydrogens (tertiary/aromatic N) is 1. The molecule has 31 heavy (non-hydrogen) atoms. The van der Waals surface area contributed by atoms with Crippen molar-refractivity contribution in [3.05, 3.63) is 69.5 Å². The zero-order valence-corrected chi connectivity index (χ0v) is 17.8. The summed E-state index contributed by atoms with van der Waals surface area (Å²) < 4.78 is 45.1. The molecule has 0 spiro atoms. The predicted molar refractivity (Wildman–Crippen MR) is 115 cm³/mol. The number of thiazole rings is 1. The average Bonchev–Trinajstić information content (AvgIpc) is 3.28. The summed E-state index contributed by atoms with van der Waals surface area (Å²) in [6.45, 7) is 2.12. The number of carboxylic acids is 1. The molecule has 0 aliphatic carbocycles. The van der Waals surface area contributed by atoms with Crippen LogP contribution in [0.2, 0.25) is 0 Å². The van der Waals surface area contributed by atoms with Gasteiger partial charge in [-0.1, -0.05) is 12.1 Å². The zero-order chi connectivity index (χ0) is 22.2. The molecule has 0 saturated heterocycles. The Morgan fingerprint density at radius 3 is 2.58 bits per heavy atom. The highest BCUT2D eigenvalue weighted by atomic mass is 32.1. The van der Waals surface area contributed by atoms with Crippen molar-refractivity contribution >= 4 is 38.7 Å². The third-order valence-electron chi connectivity index (χ3n) is 4.69. The highest BCUT2D eigenvalue weighted by molar-refractivity contribution is 7.17. The summed E-state index contributed by atoms with van der Waals surface area (Å²) in [7, 11) is 0. The van der Waals surface area contributed by atoms with Crippen LogP contribution in [0.15, 0.2) is 47.8 Å². The number of benzene rings is 2. The minimum atomic E-state index is -4.37. The number of carbonyl (C=O) groups is 1. The van der Waals surface area contributed by atoms with Crippen LogP contribution >= 0.6 is 22.7 Å². The van der Waals surface area contributed by atoms with E-state index in [0.29, 0.717) is 16.3 Å². The van der Waals surface area contributed by atoms with Gasteiger partial charge in [0.1, 0.15) is 17.4 Å². The van der Waals surface area contributed by atoms with E-state index in [9.17, 15) is 18.0 Å². The van der Waals surface area contributed by atoms with E-state index in [1.807, 2.05) is 24.4 Å². The summed E-state index contributed by atoms with van der Waals surface area (Å²) >= 11 is 2.85. The topological polar surface area (TPSA) is 59.4 Å². The number of aryl methyl sites for hydroxylation is 1. The fourth-order valence-corrected chi connectivity index (χ4v) is 5.06. The SMILES string of the molecule is Cc1nc(-c2ccc(C(F)(F)F)cc2)sc1COc1ccc2c(CC(=O)O)csc2c1. The van der Waals surface area contributed by atoms with Gasteiger partial charge in [-0.3, -0.25) is 4.79 Å². The molecular formula is C22H16F3NO3S2. The van der Waals surface area contributed by atoms with Crippen molar-refractivity contribution in [3.63, 3.8) is 0 Å². The molecule has 0 saturated carbocycles. The molecule has 160 valence electrons. The second-order valence-corrected chi connectivity index (χ2v) is 8.88. The molecule has 0 aliphatic heterocycles. The van der Waals surface area contributed by atoms with Crippen LogP contribution < -0.4 is 4.74 Å². The van der Waals surface area contributed by atoms with Gasteiger partial charge < -0.3 is 9.84 Å². The lowest BCUT2D eigenvalue weighted by Crippen LogP contribution is -2.03. The Bertz CT molecular complexity index is 1240. The fraction of sp³-hybridized carbons (Fsp3) is 0.182. The fourth-order valence-electron chi connectivity index (χ4n) is 3.09. The Labute approximate surface area is 183 Å². The lowest BCUT2D eigenvalue weighted by Gasteiger charge is -2.06. The van der Waals surface area contributed by atoms with Gasteiger partial charge in [-0.05, 0) is 53.6 Å². The molecular weight excluding hydrogens is 447 g/mol. The van der Waals surface area contributed by atoms with E-state index < -0.39 is 17.7 Å². The molecule has 2 heterocycles. The van der Waals surface area contributed by atoms with Gasteiger partial charge in [0.15, 0.2) is 0 Å². The molecule has 4 rings (SSSR count). The summed E-state index contributed by atoms with van der Waals surface area (Å²) in [6, 6.07) is 10.5. The maximum Gasteiger partial charge on any atom is 0.416 e. The number of carboxylic acid groups (broad SMARTS) is 1. The van der Waals surface area contributed by atoms with Crippen LogP contribution in [0.4, 0.5) is 13.2 Å². The highest BCUT2D eigenvalue weighted by Gasteiger charge is 2.30. The summed E-state index contributed by atoms with van der Waals surface area (Å²) in [4.78, 5) is 16.3. The predicted octanol–water partition coefficient (Wildman–Crippen LogP) is 6.56. The number of alkyl halides is 3. The average molecular weight is 464 g/mol. The molecule has 2 aromatic carbocycles. The first kappa shape index (κ1) is 21.3. The Morgan fingerprint density at radius 2 is 1.90 bits per heavy atom. The molecule has 9 heteroatoms. The first-order valence-corrected chi connectivity index (χ1v) is 10.9. The molecule has 0 atom stereocenters. The lowest BCUT2D eigenvalue weighted by atomic mass is 10.1. The number of hydrogen-bond donors (Lipinski definition) is 1. The van der Waals surface area contributed by atoms with Gasteiger partial charge in [-0.15, -0.1) is 22.7 Å². The first-order valence-electron chi connectivity index (χ1n) is 9.19. The maximum absolute atomic E-state index is 12.8. The number of rotatable bonds is 6. The van der Waals surface area contributed by atoms with Gasteiger partial charge in [-0.25, -0.2) is 4.98 Å². The molecule has 0 amide bonds. The number of aromatic nitrogens is 1. The van der Waals surface area contributed by atoms with E-state index in [1.54, 1.807) is 6.07 Å². The number of fused-ring (bicyclic) bond motifs is 1. The van der Waals surface area contributed by atoms with Crippen molar-refractivity contribution in [1.29, 1.82) is 0 Å². The zero-order valence-electron chi connectivity index (χ0n) is 16.2. The van der Waals surface area contributed by atoms with Crippen LogP contribution in [0.3, 0.4) is 0 Å². The number of halogens is 3. The Hall–Kier alpha value is -2.91. The molecule has 2 aromatic heterocycles. The molecule has 4 aromatic rings. The molecule has 0 radical (unpaired) electrons. The van der Waals surface area contributed by atoms with Crippen LogP contribution in [0.25, 0.3) is 20.7 Å². The van der Waals surface area contributed by atoms with E-state index in [1.165, 1.54) is 34.8 Å². The van der Waals surface area contributed by atoms with E-state index >= 15 is 0 Å². The summed E-state index contributed by atoms with van der Waals surface area (Å²) in [5, 5.41) is 12.4. The second-order valence-electron chi connectivity index (χ2n) is 6.88. The van der Waals surface area contributed by atoms with Gasteiger partial charge in [0, 0.05) is 10.3 Å². The van der Waals surface area contributed by atoms with E-state index in [4.69, 9.17) is 9.84 Å². The van der Waals surface area contributed by atoms with Gasteiger partial charge in [0.25, 0.3) is 0 Å². The largest absolute Gasteiger partial charge is 0.488 e. The summed E-state index contributed by atoms with van der Waals surface area (Å²) in [5.41, 5.74) is 1.47. The van der Waals surface area contributed by atoms with Crippen molar-refractivity contribution in [2.45, 2.75) is 26.1 Å². The number of thiophene rings is 1. The molecule has 0 unspecified atom stereocenters. The quantitative estimate of drug-likeness (QED) is 0.352. The standard InChI is InChI=1S/C22H16F3NO3S2/c1-12-19(31-21(26-12)13-2-4-15(5-3-13)22(23,24)25)10-29-16-6-7-17-14(8-20(27)28)11-30-18(17)9-16/h2-7,9,11H,8,10H2,1H3,(H,27,28). The van der Waals surface area contributed by atoms with E-state index in [-0.39, 0.29) is 13.0 Å². The van der Waals surface area contributed by atoms with Crippen LogP contribution in [-0.2, 0) is 24.0 Å². The van der Waals surface area contributed by atoms with Crippen LogP contribution in [0.5, 0.6) is 5.75 Å². The van der Waals surface area contributed by atoms with E-state index in [0.717, 1.165) is 38.4 Å². The molecule has 1 N–H and O–H groups in total. The van der Waals surface area contributed by atoms with Crippen molar-refractivity contribution in [3.8, 4) is 16.3 Å². The Balaban J connectivity index is 1.48. The smallest absolute Gasteiger partial charge is 0.416 e. The monoisotopic (exact) mass is 463 g/mol. The summed E-state index contributed by atoms with van der Waals surface area (Å²) in [6.07, 6.45) is -4.39. The van der Waals surface area contributed by atoms with Crippen molar-refractivity contribution in [2.75, 3.05) is 0 Å². The third-order valence-corrected chi connectivity index (χ3v) is 6.86. The van der Waals surface area contributed by atoms with Crippen LogP contribution in [0.1, 0.15) is 21.7 Å². The lowest BCUT2D eigenvalue weighted by molar-refractivity contribution is -0.138. The van der Waals surface area contributed by atoms with Gasteiger partial charge in [0.05, 0.1) is 22.6 Å². The molecule has 0 fully saturated rings. The minimum absolute atomic E-state index is 0.0208. The Morgan fingerprint density at radius 1 is 1.16 bits per heavy atom. The van der Waals surface area contributed by atoms with E-state index in [2.05, 4.69) is 4.98 Å². The molecule has 0 aliphatic rings. The first-order chi connectivity index (χ1) is 14.7. The number of aliphatic carboxylic acids is 1. The van der Waals surface area contributed by atoms with Gasteiger partial charge >= 0.3 is 12.1 Å². The highest BCUT2D eigenvalue weighted by Crippen LogP contribution is 2.34. The second kappa shape index (κ2) is 8.32.